The number of hydrogen-bond donors (Lipinski definition) is 4. The molecule has 132 valence electrons. The van der Waals surface area contributed by atoms with Gasteiger partial charge >= 0.3 is 0 Å². The SMILES string of the molecule is OCCCC(=S)c1cc(C(=S)CCCO)cc(C(=S)NCCO)c1. The van der Waals surface area contributed by atoms with Crippen molar-refractivity contribution in [3.63, 3.8) is 0 Å². The van der Waals surface area contributed by atoms with Crippen molar-refractivity contribution in [2.45, 2.75) is 25.7 Å². The van der Waals surface area contributed by atoms with E-state index in [1.165, 1.54) is 0 Å². The summed E-state index contributed by atoms with van der Waals surface area (Å²) >= 11 is 16.3. The Labute approximate surface area is 158 Å². The molecular weight excluding hydrogens is 362 g/mol. The smallest absolute Gasteiger partial charge is 0.106 e. The van der Waals surface area contributed by atoms with Crippen LogP contribution in [-0.2, 0) is 0 Å². The van der Waals surface area contributed by atoms with E-state index < -0.39 is 0 Å². The van der Waals surface area contributed by atoms with Crippen molar-refractivity contribution >= 4 is 51.4 Å². The van der Waals surface area contributed by atoms with Gasteiger partial charge in [0.1, 0.15) is 4.99 Å². The average Bonchev–Trinajstić information content (AvgIpc) is 2.61. The minimum atomic E-state index is -0.00346. The van der Waals surface area contributed by atoms with Crippen molar-refractivity contribution in [3.05, 3.63) is 34.9 Å². The first-order valence-corrected chi connectivity index (χ1v) is 9.08. The summed E-state index contributed by atoms with van der Waals surface area (Å²) in [7, 11) is 0. The molecule has 4 nitrogen and oxygen atoms in total. The van der Waals surface area contributed by atoms with Crippen LogP contribution >= 0.6 is 36.7 Å². The minimum absolute atomic E-state index is 0.00346. The van der Waals surface area contributed by atoms with Gasteiger partial charge in [-0.25, -0.2) is 0 Å². The Morgan fingerprint density at radius 1 is 0.750 bits per heavy atom. The van der Waals surface area contributed by atoms with Gasteiger partial charge < -0.3 is 20.6 Å². The Balaban J connectivity index is 3.11. The molecule has 0 spiro atoms. The van der Waals surface area contributed by atoms with Crippen LogP contribution in [0.15, 0.2) is 18.2 Å². The second kappa shape index (κ2) is 11.7. The predicted molar refractivity (Wildman–Crippen MR) is 109 cm³/mol. The Kier molecular flexibility index (Phi) is 10.3. The number of aliphatic hydroxyl groups is 3. The molecule has 0 unspecified atom stereocenters. The monoisotopic (exact) mass is 385 g/mol. The van der Waals surface area contributed by atoms with Crippen LogP contribution in [0.4, 0.5) is 0 Å². The highest BCUT2D eigenvalue weighted by atomic mass is 32.1. The van der Waals surface area contributed by atoms with Crippen molar-refractivity contribution in [2.75, 3.05) is 26.4 Å². The highest BCUT2D eigenvalue weighted by Crippen LogP contribution is 2.17. The summed E-state index contributed by atoms with van der Waals surface area (Å²) in [6, 6.07) is 5.76. The third-order valence-electron chi connectivity index (χ3n) is 3.36. The zero-order valence-corrected chi connectivity index (χ0v) is 15.9. The Morgan fingerprint density at radius 2 is 1.21 bits per heavy atom. The van der Waals surface area contributed by atoms with Crippen LogP contribution in [0.2, 0.25) is 0 Å². The van der Waals surface area contributed by atoms with Crippen molar-refractivity contribution in [1.29, 1.82) is 0 Å². The standard InChI is InChI=1S/C17H23NO3S3/c19-6-1-3-15(22)12-9-13(16(23)4-2-7-20)11-14(10-12)17(24)18-5-8-21/h9-11,19-21H,1-8H2,(H,18,24). The van der Waals surface area contributed by atoms with Crippen LogP contribution in [0.1, 0.15) is 42.4 Å². The van der Waals surface area contributed by atoms with E-state index >= 15 is 0 Å². The first-order valence-electron chi connectivity index (χ1n) is 7.85. The van der Waals surface area contributed by atoms with Crippen LogP contribution in [0.3, 0.4) is 0 Å². The van der Waals surface area contributed by atoms with Gasteiger partial charge in [0.05, 0.1) is 6.61 Å². The highest BCUT2D eigenvalue weighted by Gasteiger charge is 2.11. The number of thiocarbonyl (C=S) groups is 3. The van der Waals surface area contributed by atoms with E-state index in [1.807, 2.05) is 18.2 Å². The largest absolute Gasteiger partial charge is 0.396 e. The third-order valence-corrected chi connectivity index (χ3v) is 4.62. The average molecular weight is 386 g/mol. The van der Waals surface area contributed by atoms with Gasteiger partial charge in [0.15, 0.2) is 0 Å². The molecule has 4 N–H and O–H groups in total. The van der Waals surface area contributed by atoms with Crippen LogP contribution < -0.4 is 5.32 Å². The quantitative estimate of drug-likeness (QED) is 0.343. The van der Waals surface area contributed by atoms with Gasteiger partial charge in [-0.3, -0.25) is 0 Å². The van der Waals surface area contributed by atoms with E-state index in [9.17, 15) is 0 Å². The summed E-state index contributed by atoms with van der Waals surface area (Å²) in [5.41, 5.74) is 2.53. The molecule has 1 aromatic carbocycles. The fraction of sp³-hybridized carbons (Fsp3) is 0.471. The van der Waals surface area contributed by atoms with Crippen LogP contribution in [0.5, 0.6) is 0 Å². The molecule has 0 fully saturated rings. The third kappa shape index (κ3) is 6.96. The molecular formula is C17H23NO3S3. The van der Waals surface area contributed by atoms with Crippen molar-refractivity contribution in [1.82, 2.24) is 5.32 Å². The molecule has 0 atom stereocenters. The summed E-state index contributed by atoms with van der Waals surface area (Å²) in [5, 5.41) is 29.9. The van der Waals surface area contributed by atoms with E-state index in [2.05, 4.69) is 5.32 Å². The van der Waals surface area contributed by atoms with Gasteiger partial charge in [0, 0.05) is 35.1 Å². The van der Waals surface area contributed by atoms with E-state index in [4.69, 9.17) is 52.0 Å². The molecule has 24 heavy (non-hydrogen) atoms. The summed E-state index contributed by atoms with van der Waals surface area (Å²) in [6.45, 7) is 0.564. The predicted octanol–water partition coefficient (Wildman–Crippen LogP) is 1.92. The molecule has 0 bridgehead atoms. The topological polar surface area (TPSA) is 72.7 Å². The molecule has 0 aliphatic rings. The molecule has 0 saturated heterocycles. The lowest BCUT2D eigenvalue weighted by atomic mass is 9.98. The maximum Gasteiger partial charge on any atom is 0.106 e. The van der Waals surface area contributed by atoms with E-state index in [0.29, 0.717) is 37.2 Å². The summed E-state index contributed by atoms with van der Waals surface area (Å²) in [6.07, 6.45) is 2.46. The zero-order chi connectivity index (χ0) is 17.9. The second-order valence-electron chi connectivity index (χ2n) is 5.28. The van der Waals surface area contributed by atoms with E-state index in [1.54, 1.807) is 0 Å². The summed E-state index contributed by atoms with van der Waals surface area (Å²) in [4.78, 5) is 2.03. The molecule has 7 heteroatoms. The fourth-order valence-corrected chi connectivity index (χ4v) is 2.86. The molecule has 0 radical (unpaired) electrons. The zero-order valence-electron chi connectivity index (χ0n) is 13.5. The number of nitrogens with one attached hydrogen (secondary N) is 1. The van der Waals surface area contributed by atoms with Gasteiger partial charge in [-0.05, 0) is 55.0 Å². The summed E-state index contributed by atoms with van der Waals surface area (Å²) in [5.74, 6) is 0. The molecule has 1 aromatic rings. The van der Waals surface area contributed by atoms with Crippen LogP contribution in [0.25, 0.3) is 0 Å². The number of rotatable bonds is 11. The van der Waals surface area contributed by atoms with Crippen molar-refractivity contribution < 1.29 is 15.3 Å². The van der Waals surface area contributed by atoms with Crippen molar-refractivity contribution in [3.8, 4) is 0 Å². The maximum absolute atomic E-state index is 8.98. The fourth-order valence-electron chi connectivity index (χ4n) is 2.12. The highest BCUT2D eigenvalue weighted by molar-refractivity contribution is 7.81. The molecule has 0 aliphatic heterocycles. The number of aliphatic hydroxyl groups excluding tert-OH is 3. The van der Waals surface area contributed by atoms with Gasteiger partial charge in [-0.2, -0.15) is 0 Å². The van der Waals surface area contributed by atoms with E-state index in [0.717, 1.165) is 26.4 Å². The summed E-state index contributed by atoms with van der Waals surface area (Å²) < 4.78 is 0. The maximum atomic E-state index is 8.98. The Morgan fingerprint density at radius 3 is 1.62 bits per heavy atom. The molecule has 0 saturated carbocycles. The van der Waals surface area contributed by atoms with E-state index in [-0.39, 0.29) is 19.8 Å². The Hall–Kier alpha value is -0.830. The molecule has 0 amide bonds. The molecule has 0 aliphatic carbocycles. The Bertz CT molecular complexity index is 497. The van der Waals surface area contributed by atoms with Gasteiger partial charge in [0.25, 0.3) is 0 Å². The first-order chi connectivity index (χ1) is 11.5. The lowest BCUT2D eigenvalue weighted by Crippen LogP contribution is -2.26. The first kappa shape index (κ1) is 21.2. The van der Waals surface area contributed by atoms with Crippen LogP contribution in [0, 0.1) is 0 Å². The normalized spacial score (nSPS) is 10.5. The van der Waals surface area contributed by atoms with Gasteiger partial charge in [-0.15, -0.1) is 0 Å². The van der Waals surface area contributed by atoms with Gasteiger partial charge in [0.2, 0.25) is 0 Å². The molecule has 1 rings (SSSR count). The number of benzene rings is 1. The number of hydrogen-bond acceptors (Lipinski definition) is 6. The second-order valence-corrected chi connectivity index (χ2v) is 6.67. The van der Waals surface area contributed by atoms with Crippen LogP contribution in [-0.4, -0.2) is 56.4 Å². The van der Waals surface area contributed by atoms with Crippen molar-refractivity contribution in [2.24, 2.45) is 0 Å². The van der Waals surface area contributed by atoms with Gasteiger partial charge in [-0.1, -0.05) is 36.7 Å². The lowest BCUT2D eigenvalue weighted by Gasteiger charge is -2.13. The molecule has 0 heterocycles. The minimum Gasteiger partial charge on any atom is -0.396 e. The molecule has 0 aromatic heterocycles. The lowest BCUT2D eigenvalue weighted by molar-refractivity contribution is 0.291.